The number of benzene rings is 1. The number of para-hydroxylation sites is 1. The van der Waals surface area contributed by atoms with E-state index in [1.807, 2.05) is 4.90 Å². The number of aromatic nitrogens is 2. The van der Waals surface area contributed by atoms with Crippen molar-refractivity contribution in [3.8, 4) is 0 Å². The van der Waals surface area contributed by atoms with Gasteiger partial charge in [0.1, 0.15) is 0 Å². The van der Waals surface area contributed by atoms with E-state index in [1.165, 1.54) is 18.2 Å². The lowest BCUT2D eigenvalue weighted by Gasteiger charge is -2.34. The molecule has 1 fully saturated rings. The maximum absolute atomic E-state index is 13.1. The van der Waals surface area contributed by atoms with Crippen LogP contribution in [0.4, 0.5) is 24.8 Å². The lowest BCUT2D eigenvalue weighted by molar-refractivity contribution is -0.137. The number of hydrogen-bond donors (Lipinski definition) is 2. The zero-order chi connectivity index (χ0) is 22.3. The quantitative estimate of drug-likeness (QED) is 0.691. The second kappa shape index (κ2) is 10.2. The van der Waals surface area contributed by atoms with Crippen molar-refractivity contribution in [1.29, 1.82) is 0 Å². The Hall–Kier alpha value is -3.21. The van der Waals surface area contributed by atoms with E-state index >= 15 is 0 Å². The molecule has 11 heteroatoms. The number of carbonyl (C=O) groups is 2. The normalized spacial score (nSPS) is 14.9. The number of hydrogen-bond acceptors (Lipinski definition) is 6. The van der Waals surface area contributed by atoms with Crippen LogP contribution in [0.1, 0.15) is 12.0 Å². The molecular weight excluding hydrogens is 413 g/mol. The highest BCUT2D eigenvalue weighted by Crippen LogP contribution is 2.34. The van der Waals surface area contributed by atoms with Crippen molar-refractivity contribution in [3.05, 3.63) is 48.3 Å². The first-order valence-electron chi connectivity index (χ1n) is 9.80. The van der Waals surface area contributed by atoms with E-state index in [0.717, 1.165) is 6.07 Å². The number of amides is 2. The summed E-state index contributed by atoms with van der Waals surface area (Å²) in [6.07, 6.45) is -1.05. The molecule has 166 valence electrons. The molecule has 0 spiro atoms. The number of nitrogens with one attached hydrogen (secondary N) is 2. The van der Waals surface area contributed by atoms with Gasteiger partial charge in [0.05, 0.1) is 17.8 Å². The fourth-order valence-corrected chi connectivity index (χ4v) is 3.22. The van der Waals surface area contributed by atoms with Crippen LogP contribution in [0.25, 0.3) is 0 Å². The SMILES string of the molecule is O=C(CN1CCN(C(=O)CCNc2ncccn2)CC1)Nc1ccccc1C(F)(F)F. The molecule has 2 amide bonds. The topological polar surface area (TPSA) is 90.5 Å². The van der Waals surface area contributed by atoms with E-state index in [-0.39, 0.29) is 24.6 Å². The van der Waals surface area contributed by atoms with E-state index in [9.17, 15) is 22.8 Å². The van der Waals surface area contributed by atoms with E-state index < -0.39 is 17.6 Å². The highest BCUT2D eigenvalue weighted by molar-refractivity contribution is 5.93. The molecule has 0 unspecified atom stereocenters. The second-order valence-corrected chi connectivity index (χ2v) is 7.00. The zero-order valence-corrected chi connectivity index (χ0v) is 16.7. The summed E-state index contributed by atoms with van der Waals surface area (Å²) in [5.41, 5.74) is -1.14. The summed E-state index contributed by atoms with van der Waals surface area (Å²) in [4.78, 5) is 36.1. The smallest absolute Gasteiger partial charge is 0.354 e. The van der Waals surface area contributed by atoms with Gasteiger partial charge in [0.15, 0.2) is 0 Å². The Balaban J connectivity index is 1.41. The number of piperazine rings is 1. The highest BCUT2D eigenvalue weighted by Gasteiger charge is 2.33. The molecule has 2 heterocycles. The summed E-state index contributed by atoms with van der Waals surface area (Å²) >= 11 is 0. The average Bonchev–Trinajstić information content (AvgIpc) is 2.74. The molecule has 1 aliphatic heterocycles. The first-order valence-corrected chi connectivity index (χ1v) is 9.80. The van der Waals surface area contributed by atoms with Gasteiger partial charge in [0.2, 0.25) is 17.8 Å². The fraction of sp³-hybridized carbons (Fsp3) is 0.400. The van der Waals surface area contributed by atoms with Crippen LogP contribution in [0.5, 0.6) is 0 Å². The summed E-state index contributed by atoms with van der Waals surface area (Å²) in [5.74, 6) is -0.0894. The molecule has 8 nitrogen and oxygen atoms in total. The van der Waals surface area contributed by atoms with Crippen molar-refractivity contribution < 1.29 is 22.8 Å². The number of anilines is 2. The summed E-state index contributed by atoms with van der Waals surface area (Å²) < 4.78 is 39.2. The highest BCUT2D eigenvalue weighted by atomic mass is 19.4. The van der Waals surface area contributed by atoms with Crippen LogP contribution in [-0.2, 0) is 15.8 Å². The number of nitrogens with zero attached hydrogens (tertiary/aromatic N) is 4. The van der Waals surface area contributed by atoms with Gasteiger partial charge in [-0.05, 0) is 18.2 Å². The molecule has 2 aromatic rings. The van der Waals surface area contributed by atoms with E-state index in [1.54, 1.807) is 23.4 Å². The van der Waals surface area contributed by atoms with Gasteiger partial charge in [0.25, 0.3) is 0 Å². The second-order valence-electron chi connectivity index (χ2n) is 7.00. The lowest BCUT2D eigenvalue weighted by Crippen LogP contribution is -2.50. The van der Waals surface area contributed by atoms with Gasteiger partial charge in [-0.1, -0.05) is 12.1 Å². The van der Waals surface area contributed by atoms with Crippen molar-refractivity contribution in [2.24, 2.45) is 0 Å². The zero-order valence-electron chi connectivity index (χ0n) is 16.7. The molecule has 2 N–H and O–H groups in total. The summed E-state index contributed by atoms with van der Waals surface area (Å²) in [6, 6.07) is 6.57. The van der Waals surface area contributed by atoms with Crippen LogP contribution in [-0.4, -0.2) is 70.9 Å². The molecule has 1 saturated heterocycles. The van der Waals surface area contributed by atoms with Gasteiger partial charge < -0.3 is 15.5 Å². The molecule has 3 rings (SSSR count). The summed E-state index contributed by atoms with van der Waals surface area (Å²) in [7, 11) is 0. The number of rotatable bonds is 7. The largest absolute Gasteiger partial charge is 0.418 e. The van der Waals surface area contributed by atoms with Crippen molar-refractivity contribution in [2.45, 2.75) is 12.6 Å². The van der Waals surface area contributed by atoms with Crippen LogP contribution >= 0.6 is 0 Å². The third-order valence-electron chi connectivity index (χ3n) is 4.79. The molecule has 0 aliphatic carbocycles. The Morgan fingerprint density at radius 3 is 2.35 bits per heavy atom. The molecular formula is C20H23F3N6O2. The maximum atomic E-state index is 13.1. The molecule has 1 aliphatic rings. The monoisotopic (exact) mass is 436 g/mol. The van der Waals surface area contributed by atoms with Crippen LogP contribution in [0, 0.1) is 0 Å². The molecule has 0 radical (unpaired) electrons. The van der Waals surface area contributed by atoms with Crippen LogP contribution in [0.15, 0.2) is 42.7 Å². The Kier molecular flexibility index (Phi) is 7.40. The fourth-order valence-electron chi connectivity index (χ4n) is 3.22. The van der Waals surface area contributed by atoms with E-state index in [0.29, 0.717) is 38.7 Å². The average molecular weight is 436 g/mol. The van der Waals surface area contributed by atoms with Crippen molar-refractivity contribution in [2.75, 3.05) is 49.9 Å². The number of halogens is 3. The third-order valence-corrected chi connectivity index (χ3v) is 4.79. The van der Waals surface area contributed by atoms with Gasteiger partial charge in [-0.15, -0.1) is 0 Å². The predicted molar refractivity (Wildman–Crippen MR) is 108 cm³/mol. The Labute approximate surface area is 177 Å². The molecule has 0 atom stereocenters. The van der Waals surface area contributed by atoms with Crippen molar-refractivity contribution in [1.82, 2.24) is 19.8 Å². The minimum atomic E-state index is -4.54. The van der Waals surface area contributed by atoms with Gasteiger partial charge in [-0.2, -0.15) is 13.2 Å². The Morgan fingerprint density at radius 2 is 1.68 bits per heavy atom. The summed E-state index contributed by atoms with van der Waals surface area (Å²) in [5, 5.41) is 5.32. The lowest BCUT2D eigenvalue weighted by atomic mass is 10.1. The molecule has 0 saturated carbocycles. The van der Waals surface area contributed by atoms with Gasteiger partial charge >= 0.3 is 6.18 Å². The molecule has 31 heavy (non-hydrogen) atoms. The first kappa shape index (κ1) is 22.5. The van der Waals surface area contributed by atoms with Crippen LogP contribution < -0.4 is 10.6 Å². The minimum absolute atomic E-state index is 0.0216. The van der Waals surface area contributed by atoms with Crippen molar-refractivity contribution in [3.63, 3.8) is 0 Å². The van der Waals surface area contributed by atoms with Crippen LogP contribution in [0.3, 0.4) is 0 Å². The Morgan fingerprint density at radius 1 is 1.00 bits per heavy atom. The number of alkyl halides is 3. The first-order chi connectivity index (χ1) is 14.8. The minimum Gasteiger partial charge on any atom is -0.354 e. The molecule has 1 aromatic carbocycles. The standard InChI is InChI=1S/C20H23F3N6O2/c21-20(22,23)15-4-1-2-5-16(15)27-17(30)14-28-10-12-29(13-11-28)18(31)6-9-26-19-24-7-3-8-25-19/h1-5,7-8H,6,9-14H2,(H,27,30)(H,24,25,26). The molecule has 0 bridgehead atoms. The van der Waals surface area contributed by atoms with Gasteiger partial charge in [-0.25, -0.2) is 9.97 Å². The van der Waals surface area contributed by atoms with Gasteiger partial charge in [0, 0.05) is 51.5 Å². The van der Waals surface area contributed by atoms with Crippen LogP contribution in [0.2, 0.25) is 0 Å². The van der Waals surface area contributed by atoms with Crippen molar-refractivity contribution >= 4 is 23.5 Å². The third kappa shape index (κ3) is 6.64. The van der Waals surface area contributed by atoms with E-state index in [2.05, 4.69) is 20.6 Å². The maximum Gasteiger partial charge on any atom is 0.418 e. The Bertz CT molecular complexity index is 886. The van der Waals surface area contributed by atoms with E-state index in [4.69, 9.17) is 0 Å². The predicted octanol–water partition coefficient (Wildman–Crippen LogP) is 2.08. The molecule has 1 aromatic heterocycles. The van der Waals surface area contributed by atoms with Gasteiger partial charge in [-0.3, -0.25) is 14.5 Å². The summed E-state index contributed by atoms with van der Waals surface area (Å²) in [6.45, 7) is 2.20. The number of carbonyl (C=O) groups excluding carboxylic acids is 2.